The second kappa shape index (κ2) is 12.9. The third-order valence-corrected chi connectivity index (χ3v) is 8.17. The zero-order valence-electron chi connectivity index (χ0n) is 26.0. The lowest BCUT2D eigenvalue weighted by Gasteiger charge is -2.36. The Morgan fingerprint density at radius 3 is 2.22 bits per heavy atom. The number of aromatic hydroxyl groups is 2. The molecule has 2 aliphatic heterocycles. The predicted octanol–water partition coefficient (Wildman–Crippen LogP) is 5.10. The molecule has 4 aromatic carbocycles. The number of ether oxygens (including phenoxy) is 3. The fraction of sp³-hybridized carbons (Fsp3) is 0.143. The number of rotatable bonds is 9. The number of aliphatic hydroxyl groups is 1. The number of phenolic OH excluding ortho intramolecular Hbond substituents is 2. The van der Waals surface area contributed by atoms with E-state index < -0.39 is 11.6 Å². The zero-order valence-corrected chi connectivity index (χ0v) is 26.8. The highest BCUT2D eigenvalue weighted by Gasteiger charge is 2.53. The Balaban J connectivity index is 1.10. The van der Waals surface area contributed by atoms with Crippen LogP contribution in [-0.2, 0) is 16.9 Å². The monoisotopic (exact) mass is 678 g/mol. The topological polar surface area (TPSA) is 179 Å². The minimum absolute atomic E-state index is 0.0168. The quantitative estimate of drug-likeness (QED) is 0.0622. The first-order valence-corrected chi connectivity index (χ1v) is 15.6. The Morgan fingerprint density at radius 1 is 0.857 bits per heavy atom. The number of phenols is 2. The standard InChI is InChI=1S/C35H30N6O7S/c1-46-31-15-22(18-36-11-12-42)38-33(41-31)37-19-3-2-4-20(13-19)39-34(49)40-21-5-8-26-25(14-21)32(45)48-35(26)27-9-6-23(43)16-29(27)47-30-17-24(44)7-10-28(30)35/h2-10,13-17,36,42-44H,11-12,18H2,1H3,(H,37,38,41)(H2,39,40,49). The molecule has 14 heteroatoms. The van der Waals surface area contributed by atoms with E-state index >= 15 is 0 Å². The molecule has 7 rings (SSSR count). The maximum atomic E-state index is 13.5. The highest BCUT2D eigenvalue weighted by atomic mass is 32.1. The molecular formula is C35H30N6O7S. The Labute approximate surface area is 285 Å². The zero-order chi connectivity index (χ0) is 34.1. The summed E-state index contributed by atoms with van der Waals surface area (Å²) in [5.74, 6) is 0.746. The van der Waals surface area contributed by atoms with Gasteiger partial charge in [-0.15, -0.1) is 0 Å². The summed E-state index contributed by atoms with van der Waals surface area (Å²) in [7, 11) is 1.53. The van der Waals surface area contributed by atoms with Crippen molar-refractivity contribution in [3.8, 4) is 28.9 Å². The fourth-order valence-corrected chi connectivity index (χ4v) is 6.14. The molecule has 1 aromatic heterocycles. The maximum absolute atomic E-state index is 13.5. The number of esters is 1. The second-order valence-corrected chi connectivity index (χ2v) is 11.6. The lowest BCUT2D eigenvalue weighted by molar-refractivity contribution is 0.0224. The number of carbonyl (C=O) groups is 1. The lowest BCUT2D eigenvalue weighted by atomic mass is 9.77. The number of aliphatic hydroxyl groups excluding tert-OH is 1. The maximum Gasteiger partial charge on any atom is 0.340 e. The molecule has 3 heterocycles. The summed E-state index contributed by atoms with van der Waals surface area (Å²) >= 11 is 5.61. The number of carbonyl (C=O) groups excluding carboxylic acids is 1. The molecule has 0 bridgehead atoms. The lowest BCUT2D eigenvalue weighted by Crippen LogP contribution is -2.32. The number of thiocarbonyl (C=S) groups is 1. The summed E-state index contributed by atoms with van der Waals surface area (Å²) in [6, 6.07) is 23.5. The summed E-state index contributed by atoms with van der Waals surface area (Å²) in [6.07, 6.45) is 0. The highest BCUT2D eigenvalue weighted by Crippen LogP contribution is 2.57. The molecule has 1 spiro atoms. The summed E-state index contributed by atoms with van der Waals surface area (Å²) in [5, 5.41) is 42.2. The largest absolute Gasteiger partial charge is 0.508 e. The Bertz CT molecular complexity index is 2060. The number of hydrogen-bond acceptors (Lipinski definition) is 12. The number of benzene rings is 4. The Hall–Kier alpha value is -5.96. The van der Waals surface area contributed by atoms with Crippen LogP contribution < -0.4 is 30.7 Å². The first kappa shape index (κ1) is 31.6. The van der Waals surface area contributed by atoms with Gasteiger partial charge < -0.3 is 50.8 Å². The van der Waals surface area contributed by atoms with E-state index in [2.05, 4.69) is 31.2 Å². The van der Waals surface area contributed by atoms with Gasteiger partial charge in [0.05, 0.1) is 25.0 Å². The molecule has 0 amide bonds. The molecular weight excluding hydrogens is 648 g/mol. The van der Waals surface area contributed by atoms with Crippen molar-refractivity contribution in [3.63, 3.8) is 0 Å². The van der Waals surface area contributed by atoms with Crippen molar-refractivity contribution in [2.75, 3.05) is 36.2 Å². The molecule has 0 fully saturated rings. The van der Waals surface area contributed by atoms with Crippen LogP contribution in [0, 0.1) is 0 Å². The van der Waals surface area contributed by atoms with Gasteiger partial charge in [0, 0.05) is 65.0 Å². The number of nitrogens with one attached hydrogen (secondary N) is 4. The van der Waals surface area contributed by atoms with Gasteiger partial charge in [0.2, 0.25) is 11.8 Å². The molecule has 0 atom stereocenters. The number of aromatic nitrogens is 2. The normalized spacial score (nSPS) is 13.4. The van der Waals surface area contributed by atoms with Crippen LogP contribution >= 0.6 is 12.2 Å². The number of methoxy groups -OCH3 is 1. The summed E-state index contributed by atoms with van der Waals surface area (Å²) < 4.78 is 17.5. The van der Waals surface area contributed by atoms with Gasteiger partial charge >= 0.3 is 5.97 Å². The summed E-state index contributed by atoms with van der Waals surface area (Å²) in [4.78, 5) is 22.4. The van der Waals surface area contributed by atoms with Crippen LogP contribution in [0.4, 0.5) is 23.0 Å². The summed E-state index contributed by atoms with van der Waals surface area (Å²) in [5.41, 5.74) is 3.23. The van der Waals surface area contributed by atoms with Gasteiger partial charge in [-0.05, 0) is 66.8 Å². The van der Waals surface area contributed by atoms with E-state index in [4.69, 9.17) is 31.5 Å². The average Bonchev–Trinajstić information content (AvgIpc) is 3.36. The fourth-order valence-electron chi connectivity index (χ4n) is 5.90. The van der Waals surface area contributed by atoms with Crippen LogP contribution in [0.5, 0.6) is 28.9 Å². The molecule has 0 saturated heterocycles. The van der Waals surface area contributed by atoms with Crippen LogP contribution in [0.15, 0.2) is 84.9 Å². The van der Waals surface area contributed by atoms with Crippen molar-refractivity contribution in [2.45, 2.75) is 12.1 Å². The minimum atomic E-state index is -1.36. The molecule has 0 unspecified atom stereocenters. The van der Waals surface area contributed by atoms with Gasteiger partial charge in [-0.1, -0.05) is 12.1 Å². The van der Waals surface area contributed by atoms with Gasteiger partial charge in [0.25, 0.3) is 0 Å². The minimum Gasteiger partial charge on any atom is -0.508 e. The van der Waals surface area contributed by atoms with Crippen LogP contribution in [0.1, 0.15) is 32.7 Å². The van der Waals surface area contributed by atoms with Crippen molar-refractivity contribution < 1.29 is 34.3 Å². The Morgan fingerprint density at radius 2 is 1.53 bits per heavy atom. The van der Waals surface area contributed by atoms with Crippen LogP contribution in [0.25, 0.3) is 0 Å². The van der Waals surface area contributed by atoms with E-state index in [1.54, 1.807) is 36.4 Å². The molecule has 0 radical (unpaired) electrons. The van der Waals surface area contributed by atoms with E-state index in [-0.39, 0.29) is 23.2 Å². The van der Waals surface area contributed by atoms with Gasteiger partial charge in [-0.3, -0.25) is 0 Å². The van der Waals surface area contributed by atoms with Gasteiger partial charge in [-0.25, -0.2) is 9.78 Å². The van der Waals surface area contributed by atoms with E-state index in [1.165, 1.54) is 31.4 Å². The molecule has 0 aliphatic carbocycles. The molecule has 49 heavy (non-hydrogen) atoms. The van der Waals surface area contributed by atoms with E-state index in [9.17, 15) is 15.0 Å². The van der Waals surface area contributed by atoms with E-state index in [1.807, 2.05) is 24.3 Å². The van der Waals surface area contributed by atoms with Crippen molar-refractivity contribution in [1.29, 1.82) is 0 Å². The SMILES string of the molecule is COc1cc(CNCCO)nc(Nc2cccc(NC(=S)Nc3ccc4c(c3)C(=O)OC43c4ccc(O)cc4Oc4cc(O)ccc43)c2)n1. The van der Waals surface area contributed by atoms with Crippen LogP contribution in [-0.4, -0.2) is 56.6 Å². The van der Waals surface area contributed by atoms with Crippen LogP contribution in [0.3, 0.4) is 0 Å². The number of nitrogens with zero attached hydrogens (tertiary/aromatic N) is 2. The molecule has 5 aromatic rings. The Kier molecular flexibility index (Phi) is 8.34. The molecule has 248 valence electrons. The number of fused-ring (bicyclic) bond motifs is 6. The van der Waals surface area contributed by atoms with Crippen molar-refractivity contribution in [2.24, 2.45) is 0 Å². The number of anilines is 4. The molecule has 2 aliphatic rings. The van der Waals surface area contributed by atoms with E-state index in [0.717, 1.165) is 0 Å². The summed E-state index contributed by atoms with van der Waals surface area (Å²) in [6.45, 7) is 0.883. The average molecular weight is 679 g/mol. The van der Waals surface area contributed by atoms with Crippen LogP contribution in [0.2, 0.25) is 0 Å². The van der Waals surface area contributed by atoms with Gasteiger partial charge in [0.15, 0.2) is 10.7 Å². The van der Waals surface area contributed by atoms with Crippen molar-refractivity contribution in [1.82, 2.24) is 15.3 Å². The smallest absolute Gasteiger partial charge is 0.340 e. The van der Waals surface area contributed by atoms with E-state index in [0.29, 0.717) is 81.4 Å². The van der Waals surface area contributed by atoms with Gasteiger partial charge in [0.1, 0.15) is 23.0 Å². The first-order chi connectivity index (χ1) is 23.7. The molecule has 13 nitrogen and oxygen atoms in total. The first-order valence-electron chi connectivity index (χ1n) is 15.2. The molecule has 0 saturated carbocycles. The number of hydrogen-bond donors (Lipinski definition) is 7. The predicted molar refractivity (Wildman–Crippen MR) is 185 cm³/mol. The van der Waals surface area contributed by atoms with Gasteiger partial charge in [-0.2, -0.15) is 4.98 Å². The molecule has 7 N–H and O–H groups in total. The van der Waals surface area contributed by atoms with Crippen molar-refractivity contribution >= 4 is 46.3 Å². The second-order valence-electron chi connectivity index (χ2n) is 11.2. The third-order valence-electron chi connectivity index (χ3n) is 7.97. The highest BCUT2D eigenvalue weighted by molar-refractivity contribution is 7.80. The third kappa shape index (κ3) is 6.11. The van der Waals surface area contributed by atoms with Crippen molar-refractivity contribution in [3.05, 3.63) is 113 Å².